The molecule has 0 spiro atoms. The topological polar surface area (TPSA) is 112 Å². The molecule has 0 bridgehead atoms. The van der Waals surface area contributed by atoms with Crippen LogP contribution in [-0.2, 0) is 6.61 Å². The van der Waals surface area contributed by atoms with E-state index in [0.717, 1.165) is 11.6 Å². The third-order valence-corrected chi connectivity index (χ3v) is 5.10. The fourth-order valence-electron chi connectivity index (χ4n) is 2.90. The summed E-state index contributed by atoms with van der Waals surface area (Å²) in [6.07, 6.45) is 1.35. The van der Waals surface area contributed by atoms with Crippen LogP contribution >= 0.6 is 23.2 Å². The summed E-state index contributed by atoms with van der Waals surface area (Å²) in [6.45, 7) is 0.252. The summed E-state index contributed by atoms with van der Waals surface area (Å²) in [5, 5.41) is 15.8. The zero-order valence-electron chi connectivity index (χ0n) is 18.1. The Morgan fingerprint density at radius 2 is 1.76 bits per heavy atom. The second kappa shape index (κ2) is 11.4. The zero-order chi connectivity index (χ0) is 24.7. The van der Waals surface area contributed by atoms with Crippen LogP contribution in [-0.4, -0.2) is 31.3 Å². The largest absolute Gasteiger partial charge is 0.496 e. The van der Waals surface area contributed by atoms with E-state index in [0.29, 0.717) is 22.1 Å². The highest BCUT2D eigenvalue weighted by molar-refractivity contribution is 6.32. The molecule has 11 heteroatoms. The number of halogens is 2. The molecule has 0 saturated heterocycles. The molecule has 0 heterocycles. The average Bonchev–Trinajstić information content (AvgIpc) is 2.83. The molecule has 3 rings (SSSR count). The van der Waals surface area contributed by atoms with Crippen LogP contribution in [0.25, 0.3) is 0 Å². The summed E-state index contributed by atoms with van der Waals surface area (Å²) in [7, 11) is 2.82. The van der Waals surface area contributed by atoms with Gasteiger partial charge in [0.1, 0.15) is 12.4 Å². The van der Waals surface area contributed by atoms with Crippen molar-refractivity contribution in [2.24, 2.45) is 5.10 Å². The number of nitrogens with one attached hydrogen (secondary N) is 1. The summed E-state index contributed by atoms with van der Waals surface area (Å²) in [4.78, 5) is 22.9. The van der Waals surface area contributed by atoms with Gasteiger partial charge in [0.05, 0.1) is 35.9 Å². The summed E-state index contributed by atoms with van der Waals surface area (Å²) < 4.78 is 16.3. The van der Waals surface area contributed by atoms with Crippen molar-refractivity contribution in [3.8, 4) is 17.2 Å². The summed E-state index contributed by atoms with van der Waals surface area (Å²) >= 11 is 12.3. The molecule has 176 valence electrons. The molecule has 3 aromatic rings. The fourth-order valence-corrected chi connectivity index (χ4v) is 3.30. The molecule has 0 fully saturated rings. The number of carbonyl (C=O) groups is 1. The number of amides is 1. The SMILES string of the molecule is COc1ccc([N+](=O)[O-])cc1C(=O)N/N=C\c1cc(Cl)c(OCc2ccc(Cl)cc2)c(OC)c1. The van der Waals surface area contributed by atoms with E-state index >= 15 is 0 Å². The normalized spacial score (nSPS) is 10.7. The molecular formula is C23H19Cl2N3O6. The number of nitro groups is 1. The second-order valence-corrected chi connectivity index (χ2v) is 7.63. The highest BCUT2D eigenvalue weighted by atomic mass is 35.5. The van der Waals surface area contributed by atoms with Gasteiger partial charge < -0.3 is 14.2 Å². The minimum Gasteiger partial charge on any atom is -0.496 e. The van der Waals surface area contributed by atoms with Crippen LogP contribution in [0, 0.1) is 10.1 Å². The molecule has 34 heavy (non-hydrogen) atoms. The third kappa shape index (κ3) is 6.15. The smallest absolute Gasteiger partial charge is 0.275 e. The fraction of sp³-hybridized carbons (Fsp3) is 0.130. The number of hydrogen-bond donors (Lipinski definition) is 1. The number of rotatable bonds is 9. The van der Waals surface area contributed by atoms with Crippen molar-refractivity contribution >= 4 is 41.0 Å². The number of nitrogens with zero attached hydrogens (tertiary/aromatic N) is 2. The third-order valence-electron chi connectivity index (χ3n) is 4.57. The van der Waals surface area contributed by atoms with Crippen LogP contribution in [0.15, 0.2) is 59.7 Å². The Balaban J connectivity index is 1.73. The zero-order valence-corrected chi connectivity index (χ0v) is 19.6. The number of hydrogen-bond acceptors (Lipinski definition) is 7. The van der Waals surface area contributed by atoms with Crippen LogP contribution in [0.1, 0.15) is 21.5 Å². The molecule has 9 nitrogen and oxygen atoms in total. The van der Waals surface area contributed by atoms with Crippen molar-refractivity contribution in [1.82, 2.24) is 5.43 Å². The van der Waals surface area contributed by atoms with Gasteiger partial charge in [-0.1, -0.05) is 35.3 Å². The maximum absolute atomic E-state index is 12.5. The first-order chi connectivity index (χ1) is 16.3. The van der Waals surface area contributed by atoms with Crippen molar-refractivity contribution in [3.05, 3.63) is 91.4 Å². The van der Waals surface area contributed by atoms with E-state index in [1.165, 1.54) is 32.6 Å². The van der Waals surface area contributed by atoms with Crippen molar-refractivity contribution in [2.45, 2.75) is 6.61 Å². The molecular weight excluding hydrogens is 485 g/mol. The van der Waals surface area contributed by atoms with E-state index in [1.54, 1.807) is 24.3 Å². The van der Waals surface area contributed by atoms with Crippen LogP contribution in [0.3, 0.4) is 0 Å². The molecule has 0 atom stereocenters. The number of non-ortho nitro benzene ring substituents is 1. The van der Waals surface area contributed by atoms with Crippen molar-refractivity contribution in [2.75, 3.05) is 14.2 Å². The predicted octanol–water partition coefficient (Wildman–Crippen LogP) is 5.26. The van der Waals surface area contributed by atoms with Gasteiger partial charge in [-0.3, -0.25) is 14.9 Å². The maximum Gasteiger partial charge on any atom is 0.275 e. The molecule has 3 aromatic carbocycles. The number of carbonyl (C=O) groups excluding carboxylic acids is 1. The molecule has 0 aliphatic carbocycles. The van der Waals surface area contributed by atoms with Crippen molar-refractivity contribution < 1.29 is 23.9 Å². The molecule has 0 aromatic heterocycles. The summed E-state index contributed by atoms with van der Waals surface area (Å²) in [5.41, 5.74) is 3.45. The minimum absolute atomic E-state index is 0.0320. The maximum atomic E-state index is 12.5. The van der Waals surface area contributed by atoms with E-state index in [-0.39, 0.29) is 28.6 Å². The summed E-state index contributed by atoms with van der Waals surface area (Å²) in [6, 6.07) is 14.1. The predicted molar refractivity (Wildman–Crippen MR) is 128 cm³/mol. The number of ether oxygens (including phenoxy) is 3. The minimum atomic E-state index is -0.683. The molecule has 0 aliphatic rings. The standard InChI is InChI=1S/C23H19Cl2N3O6/c1-32-20-8-7-17(28(30)31)11-18(20)23(29)27-26-12-15-9-19(25)22(21(10-15)33-2)34-13-14-3-5-16(24)6-4-14/h3-12H,13H2,1-2H3,(H,27,29)/b26-12-. The Kier molecular flexibility index (Phi) is 8.29. The van der Waals surface area contributed by atoms with Gasteiger partial charge in [-0.2, -0.15) is 5.10 Å². The van der Waals surface area contributed by atoms with Gasteiger partial charge in [0.2, 0.25) is 0 Å². The van der Waals surface area contributed by atoms with Crippen molar-refractivity contribution in [1.29, 1.82) is 0 Å². The first-order valence-corrected chi connectivity index (χ1v) is 10.5. The van der Waals surface area contributed by atoms with E-state index in [9.17, 15) is 14.9 Å². The Morgan fingerprint density at radius 3 is 2.41 bits per heavy atom. The lowest BCUT2D eigenvalue weighted by Gasteiger charge is -2.13. The Labute approximate surface area is 205 Å². The number of methoxy groups -OCH3 is 2. The quantitative estimate of drug-likeness (QED) is 0.242. The number of nitro benzene ring substituents is 1. The lowest BCUT2D eigenvalue weighted by atomic mass is 10.1. The van der Waals surface area contributed by atoms with Crippen LogP contribution in [0.5, 0.6) is 17.2 Å². The molecule has 1 amide bonds. The first-order valence-electron chi connectivity index (χ1n) is 9.73. The molecule has 1 N–H and O–H groups in total. The Hall–Kier alpha value is -3.82. The van der Waals surface area contributed by atoms with Gasteiger partial charge in [0, 0.05) is 17.2 Å². The highest BCUT2D eigenvalue weighted by Crippen LogP contribution is 2.36. The van der Waals surface area contributed by atoms with Crippen LogP contribution in [0.2, 0.25) is 10.0 Å². The van der Waals surface area contributed by atoms with Gasteiger partial charge in [0.15, 0.2) is 11.5 Å². The van der Waals surface area contributed by atoms with Gasteiger partial charge >= 0.3 is 0 Å². The van der Waals surface area contributed by atoms with E-state index < -0.39 is 10.8 Å². The summed E-state index contributed by atoms with van der Waals surface area (Å²) in [5.74, 6) is 0.208. The lowest BCUT2D eigenvalue weighted by molar-refractivity contribution is -0.384. The first kappa shape index (κ1) is 24.8. The van der Waals surface area contributed by atoms with Gasteiger partial charge in [-0.05, 0) is 41.5 Å². The second-order valence-electron chi connectivity index (χ2n) is 6.79. The van der Waals surface area contributed by atoms with Crippen LogP contribution in [0.4, 0.5) is 5.69 Å². The van der Waals surface area contributed by atoms with E-state index in [4.69, 9.17) is 37.4 Å². The number of hydrazone groups is 1. The molecule has 0 unspecified atom stereocenters. The Bertz CT molecular complexity index is 1230. The molecule has 0 aliphatic heterocycles. The Morgan fingerprint density at radius 1 is 1.06 bits per heavy atom. The molecule has 0 saturated carbocycles. The van der Waals surface area contributed by atoms with Gasteiger partial charge in [0.25, 0.3) is 11.6 Å². The average molecular weight is 504 g/mol. The lowest BCUT2D eigenvalue weighted by Crippen LogP contribution is -2.18. The van der Waals surface area contributed by atoms with Gasteiger partial charge in [-0.15, -0.1) is 0 Å². The monoisotopic (exact) mass is 503 g/mol. The van der Waals surface area contributed by atoms with E-state index in [1.807, 2.05) is 12.1 Å². The van der Waals surface area contributed by atoms with E-state index in [2.05, 4.69) is 10.5 Å². The number of benzene rings is 3. The molecule has 0 radical (unpaired) electrons. The highest BCUT2D eigenvalue weighted by Gasteiger charge is 2.17. The van der Waals surface area contributed by atoms with Crippen LogP contribution < -0.4 is 19.6 Å². The van der Waals surface area contributed by atoms with Crippen molar-refractivity contribution in [3.63, 3.8) is 0 Å². The van der Waals surface area contributed by atoms with Gasteiger partial charge in [-0.25, -0.2) is 5.43 Å².